The molecule has 0 spiro atoms. The zero-order valence-corrected chi connectivity index (χ0v) is 11.8. The first-order valence-electron chi connectivity index (χ1n) is 6.89. The molecule has 1 amide bonds. The first kappa shape index (κ1) is 12.9. The van der Waals surface area contributed by atoms with Crippen molar-refractivity contribution in [3.8, 4) is 0 Å². The number of carbonyl (C=O) groups excluding carboxylic acids is 1. The summed E-state index contributed by atoms with van der Waals surface area (Å²) in [5, 5.41) is 4.21. The van der Waals surface area contributed by atoms with Crippen LogP contribution in [-0.2, 0) is 11.3 Å². The van der Waals surface area contributed by atoms with Crippen LogP contribution in [0.4, 0.5) is 0 Å². The molecule has 106 valence electrons. The zero-order valence-electron chi connectivity index (χ0n) is 11.8. The summed E-state index contributed by atoms with van der Waals surface area (Å²) in [5.74, 6) is -0.00307. The van der Waals surface area contributed by atoms with Crippen LogP contribution in [0.3, 0.4) is 0 Å². The van der Waals surface area contributed by atoms with Crippen LogP contribution in [-0.4, -0.2) is 38.1 Å². The Hall–Kier alpha value is -2.11. The van der Waals surface area contributed by atoms with E-state index in [0.717, 1.165) is 37.1 Å². The molecule has 1 aliphatic heterocycles. The largest absolute Gasteiger partial charge is 0.341 e. The summed E-state index contributed by atoms with van der Waals surface area (Å²) in [5.41, 5.74) is 2.35. The van der Waals surface area contributed by atoms with Gasteiger partial charge in [-0.15, -0.1) is 0 Å². The van der Waals surface area contributed by atoms with Crippen molar-refractivity contribution in [1.82, 2.24) is 19.1 Å². The molecule has 6 nitrogen and oxygen atoms in total. The number of hydrogen-bond acceptors (Lipinski definition) is 3. The van der Waals surface area contributed by atoms with E-state index in [-0.39, 0.29) is 18.0 Å². The summed E-state index contributed by atoms with van der Waals surface area (Å²) in [6.07, 6.45) is 5.38. The van der Waals surface area contributed by atoms with Crippen LogP contribution in [0.1, 0.15) is 24.0 Å². The van der Waals surface area contributed by atoms with Gasteiger partial charge in [0, 0.05) is 19.3 Å². The summed E-state index contributed by atoms with van der Waals surface area (Å²) in [6.45, 7) is 5.52. The van der Waals surface area contributed by atoms with Crippen molar-refractivity contribution < 1.29 is 4.79 Å². The lowest BCUT2D eigenvalue weighted by molar-refractivity contribution is -0.130. The second kappa shape index (κ2) is 4.77. The summed E-state index contributed by atoms with van der Waals surface area (Å²) in [6, 6.07) is 0. The van der Waals surface area contributed by atoms with E-state index >= 15 is 0 Å². The normalized spacial score (nSPS) is 15.2. The highest BCUT2D eigenvalue weighted by molar-refractivity contribution is 5.76. The second-order valence-corrected chi connectivity index (χ2v) is 5.38. The quantitative estimate of drug-likeness (QED) is 0.811. The van der Waals surface area contributed by atoms with Crippen LogP contribution < -0.4 is 5.56 Å². The summed E-state index contributed by atoms with van der Waals surface area (Å²) < 4.78 is 2.99. The summed E-state index contributed by atoms with van der Waals surface area (Å²) in [7, 11) is 0. The average Bonchev–Trinajstić information content (AvgIpc) is 3.03. The van der Waals surface area contributed by atoms with Gasteiger partial charge in [0.1, 0.15) is 18.4 Å². The maximum absolute atomic E-state index is 12.4. The average molecular weight is 274 g/mol. The van der Waals surface area contributed by atoms with Gasteiger partial charge in [0.2, 0.25) is 5.91 Å². The highest BCUT2D eigenvalue weighted by atomic mass is 16.2. The Morgan fingerprint density at radius 2 is 2.00 bits per heavy atom. The lowest BCUT2D eigenvalue weighted by atomic mass is 10.2. The number of rotatable bonds is 2. The number of fused-ring (bicyclic) bond motifs is 1. The van der Waals surface area contributed by atoms with Gasteiger partial charge >= 0.3 is 0 Å². The van der Waals surface area contributed by atoms with Gasteiger partial charge in [-0.05, 0) is 37.8 Å². The summed E-state index contributed by atoms with van der Waals surface area (Å²) >= 11 is 0. The molecular formula is C14H18N4O2. The fourth-order valence-electron chi connectivity index (χ4n) is 2.68. The maximum Gasteiger partial charge on any atom is 0.278 e. The highest BCUT2D eigenvalue weighted by Crippen LogP contribution is 2.12. The van der Waals surface area contributed by atoms with E-state index in [1.807, 2.05) is 24.9 Å². The molecule has 2 aromatic heterocycles. The molecule has 0 unspecified atom stereocenters. The Morgan fingerprint density at radius 3 is 2.70 bits per heavy atom. The van der Waals surface area contributed by atoms with Gasteiger partial charge in [0.05, 0.1) is 0 Å². The van der Waals surface area contributed by atoms with Crippen molar-refractivity contribution >= 4 is 11.4 Å². The molecule has 0 aliphatic carbocycles. The van der Waals surface area contributed by atoms with Crippen molar-refractivity contribution in [2.24, 2.45) is 0 Å². The molecule has 0 atom stereocenters. The molecule has 1 fully saturated rings. The van der Waals surface area contributed by atoms with Crippen LogP contribution in [0.2, 0.25) is 0 Å². The third-order valence-corrected chi connectivity index (χ3v) is 4.03. The van der Waals surface area contributed by atoms with Crippen LogP contribution in [0.5, 0.6) is 0 Å². The van der Waals surface area contributed by atoms with Gasteiger partial charge in [-0.3, -0.25) is 14.2 Å². The molecule has 1 aliphatic rings. The van der Waals surface area contributed by atoms with Crippen molar-refractivity contribution in [1.29, 1.82) is 0 Å². The predicted molar refractivity (Wildman–Crippen MR) is 74.7 cm³/mol. The Balaban J connectivity index is 1.96. The third kappa shape index (κ3) is 2.01. The van der Waals surface area contributed by atoms with Crippen molar-refractivity contribution in [2.75, 3.05) is 13.1 Å². The van der Waals surface area contributed by atoms with Gasteiger partial charge in [-0.2, -0.15) is 5.10 Å². The van der Waals surface area contributed by atoms with E-state index in [1.54, 1.807) is 4.52 Å². The predicted octanol–water partition coefficient (Wildman–Crippen LogP) is 0.735. The molecule has 3 heterocycles. The Bertz CT molecular complexity index is 723. The van der Waals surface area contributed by atoms with Gasteiger partial charge < -0.3 is 4.90 Å². The lowest BCUT2D eigenvalue weighted by Crippen LogP contribution is -2.35. The van der Waals surface area contributed by atoms with Crippen molar-refractivity contribution in [3.05, 3.63) is 34.0 Å². The number of amides is 1. The van der Waals surface area contributed by atoms with Crippen LogP contribution in [0.25, 0.3) is 5.52 Å². The van der Waals surface area contributed by atoms with E-state index in [9.17, 15) is 9.59 Å². The van der Waals surface area contributed by atoms with Crippen molar-refractivity contribution in [2.45, 2.75) is 33.2 Å². The van der Waals surface area contributed by atoms with E-state index < -0.39 is 0 Å². The minimum Gasteiger partial charge on any atom is -0.341 e. The zero-order chi connectivity index (χ0) is 14.3. The first-order chi connectivity index (χ1) is 9.58. The molecule has 20 heavy (non-hydrogen) atoms. The molecular weight excluding hydrogens is 256 g/mol. The second-order valence-electron chi connectivity index (χ2n) is 5.38. The van der Waals surface area contributed by atoms with Gasteiger partial charge in [0.15, 0.2) is 0 Å². The standard InChI is InChI=1S/C14H18N4O2/c1-10-7-18-13(11(10)2)14(20)17(9-15-18)8-12(19)16-5-3-4-6-16/h7,9H,3-6,8H2,1-2H3. The molecule has 1 saturated heterocycles. The molecule has 0 bridgehead atoms. The molecule has 3 rings (SSSR count). The van der Waals surface area contributed by atoms with E-state index in [2.05, 4.69) is 5.10 Å². The van der Waals surface area contributed by atoms with E-state index in [0.29, 0.717) is 5.52 Å². The molecule has 0 radical (unpaired) electrons. The van der Waals surface area contributed by atoms with Crippen LogP contribution in [0.15, 0.2) is 17.3 Å². The molecule has 2 aromatic rings. The Kier molecular flexibility index (Phi) is 3.08. The number of hydrogen-bond donors (Lipinski definition) is 0. The van der Waals surface area contributed by atoms with E-state index in [1.165, 1.54) is 10.9 Å². The highest BCUT2D eigenvalue weighted by Gasteiger charge is 2.19. The summed E-state index contributed by atoms with van der Waals surface area (Å²) in [4.78, 5) is 26.4. The monoisotopic (exact) mass is 274 g/mol. The topological polar surface area (TPSA) is 59.6 Å². The molecule has 6 heteroatoms. The minimum absolute atomic E-state index is 0.00307. The van der Waals surface area contributed by atoms with Crippen molar-refractivity contribution in [3.63, 3.8) is 0 Å². The van der Waals surface area contributed by atoms with Crippen LogP contribution in [0, 0.1) is 13.8 Å². The smallest absolute Gasteiger partial charge is 0.278 e. The fraction of sp³-hybridized carbons (Fsp3) is 0.500. The Labute approximate surface area is 116 Å². The first-order valence-corrected chi connectivity index (χ1v) is 6.89. The fourth-order valence-corrected chi connectivity index (χ4v) is 2.68. The minimum atomic E-state index is -0.154. The number of aromatic nitrogens is 3. The van der Waals surface area contributed by atoms with Gasteiger partial charge in [-0.25, -0.2) is 4.52 Å². The molecule has 0 aromatic carbocycles. The van der Waals surface area contributed by atoms with Gasteiger partial charge in [-0.1, -0.05) is 0 Å². The number of aryl methyl sites for hydroxylation is 2. The third-order valence-electron chi connectivity index (χ3n) is 4.03. The number of carbonyl (C=O) groups is 1. The van der Waals surface area contributed by atoms with Gasteiger partial charge in [0.25, 0.3) is 5.56 Å². The lowest BCUT2D eigenvalue weighted by Gasteiger charge is -2.15. The van der Waals surface area contributed by atoms with Crippen LogP contribution >= 0.6 is 0 Å². The maximum atomic E-state index is 12.4. The SMILES string of the molecule is Cc1cn2ncn(CC(=O)N3CCCC3)c(=O)c2c1C. The number of nitrogens with zero attached hydrogens (tertiary/aromatic N) is 4. The molecule has 0 saturated carbocycles. The Morgan fingerprint density at radius 1 is 1.30 bits per heavy atom. The number of likely N-dealkylation sites (tertiary alicyclic amines) is 1. The molecule has 0 N–H and O–H groups in total. The van der Waals surface area contributed by atoms with E-state index in [4.69, 9.17) is 0 Å².